The van der Waals surface area contributed by atoms with Crippen molar-refractivity contribution in [1.82, 2.24) is 10.1 Å². The Morgan fingerprint density at radius 3 is 2.61 bits per heavy atom. The largest absolute Gasteiger partial charge is 0.373 e. The summed E-state index contributed by atoms with van der Waals surface area (Å²) in [5.41, 5.74) is 5.91. The minimum atomic E-state index is -0.198. The number of nitrogens with zero attached hydrogens (tertiary/aromatic N) is 2. The number of thioether (sulfide) groups is 1. The van der Waals surface area contributed by atoms with Crippen molar-refractivity contribution in [2.24, 2.45) is 11.1 Å². The van der Waals surface area contributed by atoms with Crippen molar-refractivity contribution in [1.29, 1.82) is 0 Å². The molecule has 0 saturated heterocycles. The third-order valence-electron chi connectivity index (χ3n) is 2.66. The van der Waals surface area contributed by atoms with Crippen LogP contribution < -0.4 is 5.73 Å². The molecule has 1 aromatic heterocycles. The minimum absolute atomic E-state index is 0.0841. The summed E-state index contributed by atoms with van der Waals surface area (Å²) < 4.78 is 10.7. The molecule has 2 atom stereocenters. The fourth-order valence-corrected chi connectivity index (χ4v) is 2.21. The highest BCUT2D eigenvalue weighted by Gasteiger charge is 2.31. The molecule has 0 radical (unpaired) electrons. The second kappa shape index (κ2) is 6.54. The zero-order valence-electron chi connectivity index (χ0n) is 11.8. The Bertz CT molecular complexity index is 362. The first kappa shape index (κ1) is 15.5. The van der Waals surface area contributed by atoms with Crippen LogP contribution in [0.3, 0.4) is 0 Å². The van der Waals surface area contributed by atoms with Crippen molar-refractivity contribution in [3.8, 4) is 0 Å². The van der Waals surface area contributed by atoms with Crippen LogP contribution in [0.15, 0.2) is 4.52 Å². The lowest BCUT2D eigenvalue weighted by molar-refractivity contribution is 0.00718. The van der Waals surface area contributed by atoms with Gasteiger partial charge in [0.2, 0.25) is 11.7 Å². The summed E-state index contributed by atoms with van der Waals surface area (Å²) in [5, 5.41) is 3.99. The lowest BCUT2D eigenvalue weighted by Crippen LogP contribution is -2.21. The number of hydrogen-bond donors (Lipinski definition) is 1. The summed E-state index contributed by atoms with van der Waals surface area (Å²) in [4.78, 5) is 4.36. The third kappa shape index (κ3) is 3.96. The average Bonchev–Trinajstić information content (AvgIpc) is 2.74. The van der Waals surface area contributed by atoms with Crippen molar-refractivity contribution in [2.45, 2.75) is 39.3 Å². The van der Waals surface area contributed by atoms with E-state index in [0.717, 1.165) is 12.2 Å². The van der Waals surface area contributed by atoms with Crippen molar-refractivity contribution in [3.63, 3.8) is 0 Å². The molecule has 0 aliphatic heterocycles. The van der Waals surface area contributed by atoms with Gasteiger partial charge in [-0.05, 0) is 23.8 Å². The van der Waals surface area contributed by atoms with E-state index in [0.29, 0.717) is 11.7 Å². The summed E-state index contributed by atoms with van der Waals surface area (Å²) in [6, 6.07) is -0.198. The number of hydrogen-bond acceptors (Lipinski definition) is 6. The van der Waals surface area contributed by atoms with Gasteiger partial charge in [0.15, 0.2) is 0 Å². The highest BCUT2D eigenvalue weighted by molar-refractivity contribution is 7.98. The lowest BCUT2D eigenvalue weighted by atomic mass is 9.88. The maximum absolute atomic E-state index is 5.99. The summed E-state index contributed by atoms with van der Waals surface area (Å²) in [7, 11) is 1.65. The molecule has 2 N–H and O–H groups in total. The molecule has 0 saturated carbocycles. The lowest BCUT2D eigenvalue weighted by Gasteiger charge is -2.26. The second-order valence-electron chi connectivity index (χ2n) is 5.36. The summed E-state index contributed by atoms with van der Waals surface area (Å²) in [5.74, 6) is 2.04. The molecule has 0 aromatic carbocycles. The van der Waals surface area contributed by atoms with Gasteiger partial charge in [0.1, 0.15) is 6.10 Å². The number of aromatic nitrogens is 2. The van der Waals surface area contributed by atoms with Gasteiger partial charge >= 0.3 is 0 Å². The molecule has 5 nitrogen and oxygen atoms in total. The number of ether oxygens (including phenoxy) is 1. The molecule has 6 heteroatoms. The standard InChI is InChI=1S/C12H23N3O2S/c1-12(2,3)9(16-4)10-14-11(17-15-10)8(13)6-7-18-5/h8-9H,6-7,13H2,1-5H3/t8-,9?/m0/s1. The quantitative estimate of drug-likeness (QED) is 0.858. The smallest absolute Gasteiger partial charge is 0.243 e. The maximum atomic E-state index is 5.99. The molecule has 104 valence electrons. The summed E-state index contributed by atoms with van der Waals surface area (Å²) >= 11 is 1.75. The van der Waals surface area contributed by atoms with Gasteiger partial charge in [-0.15, -0.1) is 0 Å². The van der Waals surface area contributed by atoms with Gasteiger partial charge < -0.3 is 15.0 Å². The van der Waals surface area contributed by atoms with Crippen LogP contribution in [-0.4, -0.2) is 29.3 Å². The predicted molar refractivity (Wildman–Crippen MR) is 73.4 cm³/mol. The highest BCUT2D eigenvalue weighted by Crippen LogP contribution is 2.34. The number of methoxy groups -OCH3 is 1. The monoisotopic (exact) mass is 273 g/mol. The van der Waals surface area contributed by atoms with E-state index in [9.17, 15) is 0 Å². The van der Waals surface area contributed by atoms with Crippen LogP contribution >= 0.6 is 11.8 Å². The third-order valence-corrected chi connectivity index (χ3v) is 3.31. The van der Waals surface area contributed by atoms with Crippen LogP contribution in [0.4, 0.5) is 0 Å². The van der Waals surface area contributed by atoms with Crippen LogP contribution in [-0.2, 0) is 4.74 Å². The Hall–Kier alpha value is -0.590. The van der Waals surface area contributed by atoms with E-state index in [4.69, 9.17) is 15.0 Å². The number of rotatable bonds is 6. The Labute approximate surface area is 113 Å². The Kier molecular flexibility index (Phi) is 5.62. The molecule has 0 amide bonds. The first-order chi connectivity index (χ1) is 8.40. The predicted octanol–water partition coefficient (Wildman–Crippen LogP) is 2.56. The first-order valence-electron chi connectivity index (χ1n) is 6.01. The SMILES string of the molecule is COC(c1noc([C@@H](N)CCSC)n1)C(C)(C)C. The average molecular weight is 273 g/mol. The van der Waals surface area contributed by atoms with Gasteiger partial charge in [-0.1, -0.05) is 25.9 Å². The maximum Gasteiger partial charge on any atom is 0.243 e. The van der Waals surface area contributed by atoms with Crippen LogP contribution in [0.25, 0.3) is 0 Å². The van der Waals surface area contributed by atoms with Gasteiger partial charge in [-0.3, -0.25) is 0 Å². The van der Waals surface area contributed by atoms with Crippen LogP contribution in [0.2, 0.25) is 0 Å². The number of nitrogens with two attached hydrogens (primary N) is 1. The van der Waals surface area contributed by atoms with Crippen molar-refractivity contribution in [2.75, 3.05) is 19.1 Å². The topological polar surface area (TPSA) is 74.2 Å². The van der Waals surface area contributed by atoms with Crippen LogP contribution in [0.1, 0.15) is 51.1 Å². The zero-order chi connectivity index (χ0) is 13.8. The molecule has 1 heterocycles. The van der Waals surface area contributed by atoms with Crippen LogP contribution in [0.5, 0.6) is 0 Å². The van der Waals surface area contributed by atoms with E-state index < -0.39 is 0 Å². The highest BCUT2D eigenvalue weighted by atomic mass is 32.2. The molecular weight excluding hydrogens is 250 g/mol. The van der Waals surface area contributed by atoms with E-state index in [1.165, 1.54) is 0 Å². The van der Waals surface area contributed by atoms with Gasteiger partial charge in [0.05, 0.1) is 6.04 Å². The van der Waals surface area contributed by atoms with Crippen molar-refractivity contribution >= 4 is 11.8 Å². The fraction of sp³-hybridized carbons (Fsp3) is 0.833. The van der Waals surface area contributed by atoms with E-state index >= 15 is 0 Å². The Morgan fingerprint density at radius 2 is 2.11 bits per heavy atom. The zero-order valence-corrected chi connectivity index (χ0v) is 12.6. The molecule has 18 heavy (non-hydrogen) atoms. The normalized spacial score (nSPS) is 15.7. The first-order valence-corrected chi connectivity index (χ1v) is 7.40. The van der Waals surface area contributed by atoms with E-state index in [-0.39, 0.29) is 17.6 Å². The van der Waals surface area contributed by atoms with Crippen molar-refractivity contribution in [3.05, 3.63) is 11.7 Å². The molecule has 0 spiro atoms. The van der Waals surface area contributed by atoms with Crippen molar-refractivity contribution < 1.29 is 9.26 Å². The van der Waals surface area contributed by atoms with E-state index in [1.807, 2.05) is 6.26 Å². The van der Waals surface area contributed by atoms with Crippen LogP contribution in [0, 0.1) is 5.41 Å². The molecule has 0 aliphatic rings. The second-order valence-corrected chi connectivity index (χ2v) is 6.35. The molecule has 1 aromatic rings. The molecular formula is C12H23N3O2S. The molecule has 1 rings (SSSR count). The molecule has 0 aliphatic carbocycles. The van der Waals surface area contributed by atoms with Gasteiger partial charge in [-0.2, -0.15) is 16.7 Å². The summed E-state index contributed by atoms with van der Waals surface area (Å²) in [6.45, 7) is 6.22. The Morgan fingerprint density at radius 1 is 1.44 bits per heavy atom. The van der Waals surface area contributed by atoms with Gasteiger partial charge in [-0.25, -0.2) is 0 Å². The minimum Gasteiger partial charge on any atom is -0.373 e. The molecule has 0 bridgehead atoms. The summed E-state index contributed by atoms with van der Waals surface area (Å²) in [6.07, 6.45) is 2.69. The molecule has 1 unspecified atom stereocenters. The van der Waals surface area contributed by atoms with Gasteiger partial charge in [0.25, 0.3) is 0 Å². The Balaban J connectivity index is 2.78. The van der Waals surface area contributed by atoms with Gasteiger partial charge in [0, 0.05) is 7.11 Å². The molecule has 0 fully saturated rings. The van der Waals surface area contributed by atoms with E-state index in [2.05, 4.69) is 30.9 Å². The fourth-order valence-electron chi connectivity index (χ4n) is 1.72. The van der Waals surface area contributed by atoms with E-state index in [1.54, 1.807) is 18.9 Å².